The Balaban J connectivity index is 1.80. The first-order valence-corrected chi connectivity index (χ1v) is 11.0. The van der Waals surface area contributed by atoms with Gasteiger partial charge in [-0.15, -0.1) is 0 Å². The number of pyridine rings is 1. The van der Waals surface area contributed by atoms with Gasteiger partial charge in [0.05, 0.1) is 30.7 Å². The molecule has 2 heterocycles. The quantitative estimate of drug-likeness (QED) is 0.338. The third kappa shape index (κ3) is 6.39. The van der Waals surface area contributed by atoms with Gasteiger partial charge in [0.2, 0.25) is 0 Å². The van der Waals surface area contributed by atoms with Crippen molar-refractivity contribution in [2.24, 2.45) is 0 Å². The summed E-state index contributed by atoms with van der Waals surface area (Å²) in [6.45, 7) is 3.80. The molecule has 0 radical (unpaired) electrons. The zero-order chi connectivity index (χ0) is 23.6. The van der Waals surface area contributed by atoms with Crippen LogP contribution in [0.5, 0.6) is 11.5 Å². The molecule has 0 unspecified atom stereocenters. The van der Waals surface area contributed by atoms with E-state index in [0.29, 0.717) is 62.0 Å². The molecule has 2 aromatic rings. The van der Waals surface area contributed by atoms with E-state index in [2.05, 4.69) is 20.9 Å². The number of para-hydroxylation sites is 1. The minimum absolute atomic E-state index is 0.0586. The molecule has 0 aliphatic carbocycles. The van der Waals surface area contributed by atoms with Crippen LogP contribution in [0.15, 0.2) is 47.9 Å². The van der Waals surface area contributed by atoms with Crippen molar-refractivity contribution in [3.05, 3.63) is 59.3 Å². The number of amides is 1. The second-order valence-corrected chi connectivity index (χ2v) is 7.45. The summed E-state index contributed by atoms with van der Waals surface area (Å²) >= 11 is 5.53. The first kappa shape index (κ1) is 24.4. The summed E-state index contributed by atoms with van der Waals surface area (Å²) in [6.07, 6.45) is 3.88. The number of hydrogen-bond acceptors (Lipinski definition) is 7. The Morgan fingerprint density at radius 3 is 2.91 bits per heavy atom. The van der Waals surface area contributed by atoms with Gasteiger partial charge in [0, 0.05) is 44.1 Å². The highest BCUT2D eigenvalue weighted by Crippen LogP contribution is 2.29. The molecule has 3 rings (SSSR count). The minimum atomic E-state index is -0.510. The Kier molecular flexibility index (Phi) is 8.96. The summed E-state index contributed by atoms with van der Waals surface area (Å²) in [6, 6.07) is 6.34. The van der Waals surface area contributed by atoms with Gasteiger partial charge in [-0.2, -0.15) is 0 Å². The highest BCUT2D eigenvalue weighted by atomic mass is 32.1. The maximum absolute atomic E-state index is 14.2. The van der Waals surface area contributed by atoms with Crippen LogP contribution in [-0.2, 0) is 16.1 Å². The molecule has 176 valence electrons. The zero-order valence-corrected chi connectivity index (χ0v) is 19.4. The van der Waals surface area contributed by atoms with Crippen molar-refractivity contribution in [2.75, 3.05) is 38.8 Å². The molecule has 33 heavy (non-hydrogen) atoms. The van der Waals surface area contributed by atoms with Crippen molar-refractivity contribution in [1.82, 2.24) is 15.6 Å². The van der Waals surface area contributed by atoms with Gasteiger partial charge in [-0.3, -0.25) is 9.78 Å². The first-order valence-electron chi connectivity index (χ1n) is 10.6. The number of aromatic nitrogens is 1. The maximum Gasteiger partial charge on any atom is 0.256 e. The molecule has 1 amide bonds. The van der Waals surface area contributed by atoms with Crippen molar-refractivity contribution in [3.63, 3.8) is 0 Å². The second-order valence-electron chi connectivity index (χ2n) is 7.04. The van der Waals surface area contributed by atoms with E-state index in [1.807, 2.05) is 6.07 Å². The first-order chi connectivity index (χ1) is 16.0. The van der Waals surface area contributed by atoms with Crippen molar-refractivity contribution >= 4 is 28.8 Å². The molecule has 1 aliphatic rings. The van der Waals surface area contributed by atoms with Gasteiger partial charge in [-0.05, 0) is 25.1 Å². The smallest absolute Gasteiger partial charge is 0.256 e. The van der Waals surface area contributed by atoms with Crippen molar-refractivity contribution in [3.8, 4) is 11.5 Å². The van der Waals surface area contributed by atoms with E-state index in [1.165, 1.54) is 6.07 Å². The topological polar surface area (TPSA) is 93.7 Å². The monoisotopic (exact) mass is 474 g/mol. The van der Waals surface area contributed by atoms with Crippen LogP contribution >= 0.6 is 12.2 Å². The standard InChI is InChI=1S/C23H27FN4O4S/c1-3-31-21-16(24)5-4-6-18(21)28-23(33)20-17(8-10-26-22(20)29)27-13-15-7-9-25-14-19(15)32-12-11-30-2/h4-7,9,14,27H,3,8,10-13H2,1-2H3,(H,26,29)(H,28,33). The summed E-state index contributed by atoms with van der Waals surface area (Å²) in [5, 5.41) is 9.09. The fourth-order valence-corrected chi connectivity index (χ4v) is 3.60. The lowest BCUT2D eigenvalue weighted by molar-refractivity contribution is -0.117. The van der Waals surface area contributed by atoms with E-state index in [4.69, 9.17) is 26.4 Å². The highest BCUT2D eigenvalue weighted by Gasteiger charge is 2.25. The van der Waals surface area contributed by atoms with E-state index < -0.39 is 5.82 Å². The van der Waals surface area contributed by atoms with Gasteiger partial charge in [0.1, 0.15) is 17.3 Å². The molecular formula is C23H27FN4O4S. The zero-order valence-electron chi connectivity index (χ0n) is 18.6. The SMILES string of the molecule is CCOc1c(F)cccc1NC(=S)C1=C(NCc2ccncc2OCCOC)CCNC1=O. The van der Waals surface area contributed by atoms with Crippen LogP contribution in [0.1, 0.15) is 18.9 Å². The van der Waals surface area contributed by atoms with Gasteiger partial charge in [0.15, 0.2) is 11.6 Å². The number of halogens is 1. The van der Waals surface area contributed by atoms with Gasteiger partial charge < -0.3 is 30.2 Å². The van der Waals surface area contributed by atoms with Crippen LogP contribution in [0, 0.1) is 5.82 Å². The Bertz CT molecular complexity index is 1030. The maximum atomic E-state index is 14.2. The molecule has 1 aliphatic heterocycles. The van der Waals surface area contributed by atoms with E-state index in [-0.39, 0.29) is 16.6 Å². The number of anilines is 1. The molecule has 0 spiro atoms. The average molecular weight is 475 g/mol. The number of nitrogens with one attached hydrogen (secondary N) is 3. The van der Waals surface area contributed by atoms with Crippen LogP contribution in [0.25, 0.3) is 0 Å². The number of carbonyl (C=O) groups excluding carboxylic acids is 1. The van der Waals surface area contributed by atoms with Gasteiger partial charge in [-0.25, -0.2) is 4.39 Å². The van der Waals surface area contributed by atoms with Crippen LogP contribution < -0.4 is 25.4 Å². The number of hydrogen-bond donors (Lipinski definition) is 3. The third-order valence-corrected chi connectivity index (χ3v) is 5.13. The van der Waals surface area contributed by atoms with Crippen LogP contribution in [-0.4, -0.2) is 49.4 Å². The lowest BCUT2D eigenvalue weighted by Gasteiger charge is -2.24. The normalized spacial score (nSPS) is 13.4. The third-order valence-electron chi connectivity index (χ3n) is 4.83. The van der Waals surface area contributed by atoms with Gasteiger partial charge >= 0.3 is 0 Å². The molecule has 0 fully saturated rings. The number of thiocarbonyl (C=S) groups is 1. The fourth-order valence-electron chi connectivity index (χ4n) is 3.27. The molecular weight excluding hydrogens is 447 g/mol. The molecule has 1 aromatic carbocycles. The molecule has 10 heteroatoms. The summed E-state index contributed by atoms with van der Waals surface area (Å²) < 4.78 is 30.4. The Morgan fingerprint density at radius 1 is 1.27 bits per heavy atom. The fraction of sp³-hybridized carbons (Fsp3) is 0.348. The highest BCUT2D eigenvalue weighted by molar-refractivity contribution is 7.81. The predicted octanol–water partition coefficient (Wildman–Crippen LogP) is 2.95. The summed E-state index contributed by atoms with van der Waals surface area (Å²) in [4.78, 5) is 17.0. The van der Waals surface area contributed by atoms with Crippen molar-refractivity contribution in [1.29, 1.82) is 0 Å². The second kappa shape index (κ2) is 12.1. The lowest BCUT2D eigenvalue weighted by Crippen LogP contribution is -2.39. The van der Waals surface area contributed by atoms with Gasteiger partial charge in [0.25, 0.3) is 5.91 Å². The molecule has 3 N–H and O–H groups in total. The Hall–Kier alpha value is -3.24. The largest absolute Gasteiger partial charge is 0.489 e. The van der Waals surface area contributed by atoms with Crippen LogP contribution in [0.3, 0.4) is 0 Å². The lowest BCUT2D eigenvalue weighted by atomic mass is 10.1. The summed E-state index contributed by atoms with van der Waals surface area (Å²) in [5.41, 5.74) is 2.22. The molecule has 8 nitrogen and oxygen atoms in total. The predicted molar refractivity (Wildman–Crippen MR) is 127 cm³/mol. The van der Waals surface area contributed by atoms with E-state index >= 15 is 0 Å². The molecule has 0 saturated heterocycles. The number of ether oxygens (including phenoxy) is 3. The van der Waals surface area contributed by atoms with Gasteiger partial charge in [-0.1, -0.05) is 18.3 Å². The number of carbonyl (C=O) groups is 1. The molecule has 0 atom stereocenters. The number of benzene rings is 1. The number of nitrogens with zero attached hydrogens (tertiary/aromatic N) is 1. The minimum Gasteiger partial charge on any atom is -0.489 e. The van der Waals surface area contributed by atoms with E-state index in [0.717, 1.165) is 5.56 Å². The summed E-state index contributed by atoms with van der Waals surface area (Å²) in [5.74, 6) is -0.125. The van der Waals surface area contributed by atoms with Crippen LogP contribution in [0.2, 0.25) is 0 Å². The van der Waals surface area contributed by atoms with Crippen molar-refractivity contribution < 1.29 is 23.4 Å². The molecule has 0 saturated carbocycles. The molecule has 0 bridgehead atoms. The van der Waals surface area contributed by atoms with E-state index in [9.17, 15) is 9.18 Å². The van der Waals surface area contributed by atoms with Crippen molar-refractivity contribution in [2.45, 2.75) is 19.9 Å². The molecule has 1 aromatic heterocycles. The van der Waals surface area contributed by atoms with E-state index in [1.54, 1.807) is 38.6 Å². The Labute approximate surface area is 197 Å². The number of methoxy groups -OCH3 is 1. The average Bonchev–Trinajstić information content (AvgIpc) is 2.81. The van der Waals surface area contributed by atoms with Crippen LogP contribution in [0.4, 0.5) is 10.1 Å². The summed E-state index contributed by atoms with van der Waals surface area (Å²) in [7, 11) is 1.61. The Morgan fingerprint density at radius 2 is 2.12 bits per heavy atom. The number of rotatable bonds is 11.